The van der Waals surface area contributed by atoms with Gasteiger partial charge in [-0.25, -0.2) is 4.39 Å². The largest absolute Gasteiger partial charge is 0.416 e. The van der Waals surface area contributed by atoms with Gasteiger partial charge in [-0.3, -0.25) is 4.79 Å². The smallest absolute Gasteiger partial charge is 0.365 e. The van der Waals surface area contributed by atoms with Crippen molar-refractivity contribution in [1.82, 2.24) is 5.32 Å². The molecule has 0 spiro atoms. The number of hydrogen-bond donors (Lipinski definition) is 1. The molecule has 160 valence electrons. The number of para-hydroxylation sites is 1. The van der Waals surface area contributed by atoms with E-state index in [0.29, 0.717) is 37.4 Å². The van der Waals surface area contributed by atoms with Crippen molar-refractivity contribution in [3.8, 4) is 0 Å². The van der Waals surface area contributed by atoms with E-state index < -0.39 is 17.7 Å². The maximum Gasteiger partial charge on any atom is 0.416 e. The third-order valence-electron chi connectivity index (χ3n) is 5.92. The van der Waals surface area contributed by atoms with Gasteiger partial charge < -0.3 is 15.1 Å². The van der Waals surface area contributed by atoms with Crippen LogP contribution in [0.3, 0.4) is 0 Å². The molecule has 1 amide bonds. The Balaban J connectivity index is 1.70. The molecule has 0 unspecified atom stereocenters. The van der Waals surface area contributed by atoms with Gasteiger partial charge in [-0.15, -0.1) is 0 Å². The Morgan fingerprint density at radius 3 is 2.60 bits per heavy atom. The first-order valence-electron chi connectivity index (χ1n) is 10.0. The average Bonchev–Trinajstić information content (AvgIpc) is 2.72. The Morgan fingerprint density at radius 2 is 1.90 bits per heavy atom. The molecule has 4 nitrogen and oxygen atoms in total. The zero-order chi connectivity index (χ0) is 21.5. The molecule has 4 rings (SSSR count). The van der Waals surface area contributed by atoms with Crippen LogP contribution in [0.4, 0.5) is 28.9 Å². The van der Waals surface area contributed by atoms with Gasteiger partial charge in [0, 0.05) is 31.9 Å². The summed E-state index contributed by atoms with van der Waals surface area (Å²) in [7, 11) is 0. The Bertz CT molecular complexity index is 946. The second kappa shape index (κ2) is 7.81. The SMILES string of the molecule is CCNC(=O)[C@@H]1Cc2cc(C(F)(F)F)ccc2N2CCN(c3ccccc3F)C[C@H]12. The number of halogens is 4. The number of rotatable bonds is 3. The van der Waals surface area contributed by atoms with E-state index in [0.717, 1.165) is 17.8 Å². The molecule has 2 heterocycles. The van der Waals surface area contributed by atoms with Crippen LogP contribution in [-0.2, 0) is 17.4 Å². The number of carbonyl (C=O) groups is 1. The molecule has 2 aromatic carbocycles. The monoisotopic (exact) mass is 421 g/mol. The first-order valence-corrected chi connectivity index (χ1v) is 10.0. The summed E-state index contributed by atoms with van der Waals surface area (Å²) in [6.07, 6.45) is -4.21. The van der Waals surface area contributed by atoms with Gasteiger partial charge in [0.05, 0.1) is 23.2 Å². The topological polar surface area (TPSA) is 35.6 Å². The number of benzene rings is 2. The zero-order valence-electron chi connectivity index (χ0n) is 16.5. The summed E-state index contributed by atoms with van der Waals surface area (Å²) in [6.45, 7) is 3.67. The van der Waals surface area contributed by atoms with E-state index in [9.17, 15) is 22.4 Å². The number of piperazine rings is 1. The molecule has 0 radical (unpaired) electrons. The summed E-state index contributed by atoms with van der Waals surface area (Å²) in [5.74, 6) is -1.03. The molecule has 0 aromatic heterocycles. The van der Waals surface area contributed by atoms with E-state index in [-0.39, 0.29) is 24.2 Å². The third kappa shape index (κ3) is 3.70. The lowest BCUT2D eigenvalue weighted by Crippen LogP contribution is -2.61. The van der Waals surface area contributed by atoms with Gasteiger partial charge in [-0.1, -0.05) is 12.1 Å². The standard InChI is InChI=1S/C22H23F4N3O/c1-2-27-21(30)16-12-14-11-15(22(24,25)26)7-8-18(14)29-10-9-28(13-20(16)29)19-6-4-3-5-17(19)23/h3-8,11,16,20H,2,9-10,12-13H2,1H3,(H,27,30)/t16-,20-/m1/s1. The lowest BCUT2D eigenvalue weighted by molar-refractivity contribution is -0.137. The normalized spacial score (nSPS) is 21.1. The minimum Gasteiger partial charge on any atom is -0.365 e. The Hall–Kier alpha value is -2.77. The summed E-state index contributed by atoms with van der Waals surface area (Å²) in [4.78, 5) is 16.7. The molecule has 0 aliphatic carbocycles. The van der Waals surface area contributed by atoms with Crippen molar-refractivity contribution in [2.45, 2.75) is 25.6 Å². The van der Waals surface area contributed by atoms with Crippen LogP contribution in [0.15, 0.2) is 42.5 Å². The average molecular weight is 421 g/mol. The summed E-state index contributed by atoms with van der Waals surface area (Å²) in [5, 5.41) is 2.81. The van der Waals surface area contributed by atoms with Gasteiger partial charge in [0.2, 0.25) is 5.91 Å². The van der Waals surface area contributed by atoms with Crippen molar-refractivity contribution in [3.05, 3.63) is 59.4 Å². The fourth-order valence-electron chi connectivity index (χ4n) is 4.53. The van der Waals surface area contributed by atoms with E-state index in [1.54, 1.807) is 25.1 Å². The summed E-state index contributed by atoms with van der Waals surface area (Å²) < 4.78 is 54.0. The lowest BCUT2D eigenvalue weighted by atomic mass is 9.82. The lowest BCUT2D eigenvalue weighted by Gasteiger charge is -2.49. The van der Waals surface area contributed by atoms with Crippen LogP contribution < -0.4 is 15.1 Å². The molecule has 1 N–H and O–H groups in total. The van der Waals surface area contributed by atoms with Crippen LogP contribution in [-0.4, -0.2) is 38.1 Å². The number of alkyl halides is 3. The first-order chi connectivity index (χ1) is 14.3. The summed E-state index contributed by atoms with van der Waals surface area (Å²) >= 11 is 0. The van der Waals surface area contributed by atoms with Crippen LogP contribution in [0.1, 0.15) is 18.1 Å². The molecule has 1 saturated heterocycles. The molecule has 2 aromatic rings. The predicted molar refractivity (Wildman–Crippen MR) is 107 cm³/mol. The number of hydrogen-bond acceptors (Lipinski definition) is 3. The van der Waals surface area contributed by atoms with Crippen LogP contribution in [0.25, 0.3) is 0 Å². The van der Waals surface area contributed by atoms with Gasteiger partial charge in [0.1, 0.15) is 5.82 Å². The number of nitrogens with one attached hydrogen (secondary N) is 1. The first kappa shape index (κ1) is 20.5. The Kier molecular flexibility index (Phi) is 5.34. The number of carbonyl (C=O) groups excluding carboxylic acids is 1. The quantitative estimate of drug-likeness (QED) is 0.765. The number of amides is 1. The van der Waals surface area contributed by atoms with Gasteiger partial charge in [0.15, 0.2) is 0 Å². The van der Waals surface area contributed by atoms with Crippen molar-refractivity contribution in [2.75, 3.05) is 36.0 Å². The molecule has 2 aliphatic heterocycles. The number of anilines is 2. The van der Waals surface area contributed by atoms with Crippen molar-refractivity contribution in [1.29, 1.82) is 0 Å². The van der Waals surface area contributed by atoms with E-state index in [4.69, 9.17) is 0 Å². The van der Waals surface area contributed by atoms with E-state index in [2.05, 4.69) is 5.32 Å². The van der Waals surface area contributed by atoms with Crippen LogP contribution >= 0.6 is 0 Å². The molecule has 0 saturated carbocycles. The summed E-state index contributed by atoms with van der Waals surface area (Å²) in [6, 6.07) is 9.98. The molecule has 8 heteroatoms. The highest BCUT2D eigenvalue weighted by Gasteiger charge is 2.42. The van der Waals surface area contributed by atoms with Gasteiger partial charge in [-0.05, 0) is 49.2 Å². The highest BCUT2D eigenvalue weighted by molar-refractivity contribution is 5.82. The molecule has 0 bridgehead atoms. The molecule has 2 atom stereocenters. The molecular formula is C22H23F4N3O. The molecule has 2 aliphatic rings. The van der Waals surface area contributed by atoms with Crippen molar-refractivity contribution in [3.63, 3.8) is 0 Å². The van der Waals surface area contributed by atoms with Gasteiger partial charge in [0.25, 0.3) is 0 Å². The molecule has 30 heavy (non-hydrogen) atoms. The molecular weight excluding hydrogens is 398 g/mol. The highest BCUT2D eigenvalue weighted by Crippen LogP contribution is 2.40. The zero-order valence-corrected chi connectivity index (χ0v) is 16.5. The van der Waals surface area contributed by atoms with Crippen LogP contribution in [0.2, 0.25) is 0 Å². The fourth-order valence-corrected chi connectivity index (χ4v) is 4.53. The van der Waals surface area contributed by atoms with Crippen LogP contribution in [0, 0.1) is 11.7 Å². The maximum atomic E-state index is 14.3. The van der Waals surface area contributed by atoms with Crippen molar-refractivity contribution < 1.29 is 22.4 Å². The summed E-state index contributed by atoms with van der Waals surface area (Å²) in [5.41, 5.74) is 1.02. The second-order valence-electron chi connectivity index (χ2n) is 7.70. The van der Waals surface area contributed by atoms with E-state index >= 15 is 0 Å². The fraction of sp³-hybridized carbons (Fsp3) is 0.409. The number of fused-ring (bicyclic) bond motifs is 3. The van der Waals surface area contributed by atoms with Gasteiger partial charge >= 0.3 is 6.18 Å². The Labute approximate surface area is 172 Å². The Morgan fingerprint density at radius 1 is 1.13 bits per heavy atom. The molecule has 1 fully saturated rings. The predicted octanol–water partition coefficient (Wildman–Crippen LogP) is 3.85. The minimum atomic E-state index is -4.43. The maximum absolute atomic E-state index is 14.3. The highest BCUT2D eigenvalue weighted by atomic mass is 19.4. The van der Waals surface area contributed by atoms with Crippen LogP contribution in [0.5, 0.6) is 0 Å². The van der Waals surface area contributed by atoms with E-state index in [1.165, 1.54) is 12.1 Å². The van der Waals surface area contributed by atoms with Crippen molar-refractivity contribution in [2.24, 2.45) is 5.92 Å². The van der Waals surface area contributed by atoms with E-state index in [1.807, 2.05) is 9.80 Å². The second-order valence-corrected chi connectivity index (χ2v) is 7.70. The third-order valence-corrected chi connectivity index (χ3v) is 5.92. The minimum absolute atomic E-state index is 0.189. The van der Waals surface area contributed by atoms with Crippen molar-refractivity contribution >= 4 is 17.3 Å². The van der Waals surface area contributed by atoms with Gasteiger partial charge in [-0.2, -0.15) is 13.2 Å². The number of nitrogens with zero attached hydrogens (tertiary/aromatic N) is 2.